The predicted octanol–water partition coefficient (Wildman–Crippen LogP) is 1.14. The SMILES string of the molecule is CCc1cnc(C#CC(=O)O)s1. The van der Waals surface area contributed by atoms with E-state index in [4.69, 9.17) is 5.11 Å². The lowest BCUT2D eigenvalue weighted by atomic mass is 10.4. The second kappa shape index (κ2) is 3.88. The highest BCUT2D eigenvalue weighted by Gasteiger charge is 1.95. The molecule has 0 aliphatic rings. The van der Waals surface area contributed by atoms with Crippen LogP contribution in [0.25, 0.3) is 0 Å². The molecule has 1 aromatic rings. The van der Waals surface area contributed by atoms with Gasteiger partial charge in [-0.25, -0.2) is 9.78 Å². The molecule has 0 radical (unpaired) electrons. The number of aryl methyl sites for hydroxylation is 1. The smallest absolute Gasteiger partial charge is 0.382 e. The van der Waals surface area contributed by atoms with Gasteiger partial charge >= 0.3 is 5.97 Å². The van der Waals surface area contributed by atoms with Crippen molar-refractivity contribution in [1.82, 2.24) is 4.98 Å². The fourth-order valence-electron chi connectivity index (χ4n) is 0.636. The van der Waals surface area contributed by atoms with E-state index in [2.05, 4.69) is 10.9 Å². The lowest BCUT2D eigenvalue weighted by Crippen LogP contribution is -1.86. The number of hydrogen-bond donors (Lipinski definition) is 1. The summed E-state index contributed by atoms with van der Waals surface area (Å²) in [6, 6.07) is 0. The van der Waals surface area contributed by atoms with Gasteiger partial charge in [-0.2, -0.15) is 0 Å². The number of carboxylic acids is 1. The highest BCUT2D eigenvalue weighted by atomic mass is 32.1. The normalized spacial score (nSPS) is 8.75. The molecule has 0 spiro atoms. The highest BCUT2D eigenvalue weighted by Crippen LogP contribution is 2.11. The van der Waals surface area contributed by atoms with Crippen molar-refractivity contribution < 1.29 is 9.90 Å². The molecule has 0 saturated heterocycles. The van der Waals surface area contributed by atoms with Crippen LogP contribution in [-0.4, -0.2) is 16.1 Å². The average Bonchev–Trinajstić information content (AvgIpc) is 2.48. The van der Waals surface area contributed by atoms with Gasteiger partial charge in [0.1, 0.15) is 0 Å². The van der Waals surface area contributed by atoms with Crippen LogP contribution >= 0.6 is 11.3 Å². The molecule has 0 unspecified atom stereocenters. The molecule has 1 rings (SSSR count). The third-order valence-corrected chi connectivity index (χ3v) is 2.24. The molecule has 0 saturated carbocycles. The van der Waals surface area contributed by atoms with Gasteiger partial charge in [0.25, 0.3) is 0 Å². The summed E-state index contributed by atoms with van der Waals surface area (Å²) in [5, 5.41) is 8.81. The van der Waals surface area contributed by atoms with Gasteiger partial charge in [0.15, 0.2) is 5.01 Å². The number of aromatic nitrogens is 1. The Morgan fingerprint density at radius 2 is 2.58 bits per heavy atom. The fourth-order valence-corrected chi connectivity index (χ4v) is 1.34. The van der Waals surface area contributed by atoms with Crippen LogP contribution in [0.4, 0.5) is 0 Å². The van der Waals surface area contributed by atoms with Crippen LogP contribution in [0, 0.1) is 11.8 Å². The Morgan fingerprint density at radius 3 is 3.08 bits per heavy atom. The first kappa shape index (κ1) is 8.75. The fraction of sp³-hybridized carbons (Fsp3) is 0.250. The molecule has 1 heterocycles. The molecule has 3 nitrogen and oxygen atoms in total. The van der Waals surface area contributed by atoms with Crippen LogP contribution in [0.5, 0.6) is 0 Å². The number of thiazole rings is 1. The number of rotatable bonds is 1. The first-order chi connectivity index (χ1) is 5.72. The van der Waals surface area contributed by atoms with E-state index in [1.165, 1.54) is 11.3 Å². The minimum Gasteiger partial charge on any atom is -0.472 e. The Morgan fingerprint density at radius 1 is 1.83 bits per heavy atom. The Balaban J connectivity index is 2.78. The van der Waals surface area contributed by atoms with E-state index in [-0.39, 0.29) is 0 Å². The maximum atomic E-state index is 10.1. The van der Waals surface area contributed by atoms with Crippen molar-refractivity contribution in [1.29, 1.82) is 0 Å². The van der Waals surface area contributed by atoms with E-state index in [0.29, 0.717) is 5.01 Å². The summed E-state index contributed by atoms with van der Waals surface area (Å²) >= 11 is 1.43. The number of carbonyl (C=O) groups is 1. The van der Waals surface area contributed by atoms with Crippen LogP contribution in [0.1, 0.15) is 16.8 Å². The van der Waals surface area contributed by atoms with Crippen molar-refractivity contribution in [3.8, 4) is 11.8 Å². The predicted molar refractivity (Wildman–Crippen MR) is 46.0 cm³/mol. The van der Waals surface area contributed by atoms with Crippen molar-refractivity contribution >= 4 is 17.3 Å². The Labute approximate surface area is 74.1 Å². The third kappa shape index (κ3) is 2.36. The number of aliphatic carboxylic acids is 1. The van der Waals surface area contributed by atoms with Crippen LogP contribution in [0.2, 0.25) is 0 Å². The van der Waals surface area contributed by atoms with E-state index in [9.17, 15) is 4.79 Å². The van der Waals surface area contributed by atoms with Gasteiger partial charge in [-0.15, -0.1) is 11.3 Å². The van der Waals surface area contributed by atoms with Crippen LogP contribution in [-0.2, 0) is 11.2 Å². The molecule has 62 valence electrons. The second-order valence-electron chi connectivity index (χ2n) is 2.04. The quantitative estimate of drug-likeness (QED) is 0.661. The zero-order valence-electron chi connectivity index (χ0n) is 6.50. The summed E-state index contributed by atoms with van der Waals surface area (Å²) in [5.74, 6) is 3.35. The molecule has 0 atom stereocenters. The van der Waals surface area contributed by atoms with Crippen molar-refractivity contribution in [2.24, 2.45) is 0 Å². The summed E-state index contributed by atoms with van der Waals surface area (Å²) in [7, 11) is 0. The summed E-state index contributed by atoms with van der Waals surface area (Å²) in [6.07, 6.45) is 2.63. The molecule has 0 aromatic carbocycles. The van der Waals surface area contributed by atoms with Crippen molar-refractivity contribution in [3.63, 3.8) is 0 Å². The molecule has 12 heavy (non-hydrogen) atoms. The Hall–Kier alpha value is -1.34. The minimum atomic E-state index is -1.12. The topological polar surface area (TPSA) is 50.2 Å². The van der Waals surface area contributed by atoms with E-state index in [1.54, 1.807) is 6.20 Å². The molecule has 0 fully saturated rings. The largest absolute Gasteiger partial charge is 0.472 e. The molecule has 1 N–H and O–H groups in total. The number of hydrogen-bond acceptors (Lipinski definition) is 3. The minimum absolute atomic E-state index is 0.564. The van der Waals surface area contributed by atoms with Gasteiger partial charge in [-0.1, -0.05) is 6.92 Å². The van der Waals surface area contributed by atoms with Crippen LogP contribution < -0.4 is 0 Å². The van der Waals surface area contributed by atoms with Gasteiger partial charge in [0.05, 0.1) is 0 Å². The van der Waals surface area contributed by atoms with Crippen molar-refractivity contribution in [3.05, 3.63) is 16.1 Å². The molecule has 0 amide bonds. The standard InChI is InChI=1S/C8H7NO2S/c1-2-6-5-9-7(12-6)3-4-8(10)11/h5H,2H2,1H3,(H,10,11). The lowest BCUT2D eigenvalue weighted by molar-refractivity contribution is -0.130. The first-order valence-corrected chi connectivity index (χ1v) is 4.23. The zero-order chi connectivity index (χ0) is 8.97. The van der Waals surface area contributed by atoms with Crippen LogP contribution in [0.15, 0.2) is 6.20 Å². The number of carboxylic acid groups (broad SMARTS) is 1. The molecule has 0 aliphatic carbocycles. The van der Waals surface area contributed by atoms with E-state index in [1.807, 2.05) is 12.8 Å². The van der Waals surface area contributed by atoms with E-state index in [0.717, 1.165) is 11.3 Å². The number of nitrogens with zero attached hydrogens (tertiary/aromatic N) is 1. The third-order valence-electron chi connectivity index (χ3n) is 1.18. The maximum absolute atomic E-state index is 10.1. The molecule has 4 heteroatoms. The summed E-state index contributed by atoms with van der Waals surface area (Å²) < 4.78 is 0. The van der Waals surface area contributed by atoms with Gasteiger partial charge in [0, 0.05) is 17.0 Å². The summed E-state index contributed by atoms with van der Waals surface area (Å²) in [6.45, 7) is 2.02. The van der Waals surface area contributed by atoms with Gasteiger partial charge in [0.2, 0.25) is 0 Å². The maximum Gasteiger partial charge on any atom is 0.382 e. The van der Waals surface area contributed by atoms with Gasteiger partial charge < -0.3 is 5.11 Å². The summed E-state index contributed by atoms with van der Waals surface area (Å²) in [4.78, 5) is 15.1. The Bertz CT molecular complexity index is 345. The summed E-state index contributed by atoms with van der Waals surface area (Å²) in [5.41, 5.74) is 0. The molecule has 0 aliphatic heterocycles. The van der Waals surface area contributed by atoms with Gasteiger partial charge in [-0.05, 0) is 12.3 Å². The molecular formula is C8H7NO2S. The van der Waals surface area contributed by atoms with Gasteiger partial charge in [-0.3, -0.25) is 0 Å². The highest BCUT2D eigenvalue weighted by molar-refractivity contribution is 7.12. The van der Waals surface area contributed by atoms with Crippen LogP contribution in [0.3, 0.4) is 0 Å². The zero-order valence-corrected chi connectivity index (χ0v) is 7.31. The van der Waals surface area contributed by atoms with E-state index >= 15 is 0 Å². The monoisotopic (exact) mass is 181 g/mol. The van der Waals surface area contributed by atoms with Crippen molar-refractivity contribution in [2.75, 3.05) is 0 Å². The molecule has 1 aromatic heterocycles. The molecular weight excluding hydrogens is 174 g/mol. The lowest BCUT2D eigenvalue weighted by Gasteiger charge is -1.78. The molecule has 0 bridgehead atoms. The van der Waals surface area contributed by atoms with E-state index < -0.39 is 5.97 Å². The Kier molecular flexibility index (Phi) is 2.83. The van der Waals surface area contributed by atoms with Crippen molar-refractivity contribution in [2.45, 2.75) is 13.3 Å². The average molecular weight is 181 g/mol. The first-order valence-electron chi connectivity index (χ1n) is 3.42. The second-order valence-corrected chi connectivity index (χ2v) is 3.16.